The van der Waals surface area contributed by atoms with Gasteiger partial charge in [0.25, 0.3) is 0 Å². The van der Waals surface area contributed by atoms with Crippen LogP contribution in [0.25, 0.3) is 0 Å². The average molecular weight is 332 g/mol. The maximum Gasteiger partial charge on any atom is 0.225 e. The van der Waals surface area contributed by atoms with Gasteiger partial charge in [0.2, 0.25) is 5.91 Å². The Balaban J connectivity index is 2.07. The number of nitrogens with zero attached hydrogens (tertiary/aromatic N) is 1. The first-order valence-electron chi connectivity index (χ1n) is 9.19. The maximum absolute atomic E-state index is 13.1. The third-order valence-electron chi connectivity index (χ3n) is 5.62. The van der Waals surface area contributed by atoms with Crippen molar-refractivity contribution in [2.75, 3.05) is 13.6 Å². The molecule has 1 amide bonds. The highest BCUT2D eigenvalue weighted by Gasteiger charge is 2.41. The average Bonchev–Trinajstić information content (AvgIpc) is 2.53. The molecule has 1 aromatic rings. The van der Waals surface area contributed by atoms with E-state index in [4.69, 9.17) is 0 Å². The minimum atomic E-state index is -0.630. The van der Waals surface area contributed by atoms with Crippen LogP contribution in [0.5, 0.6) is 0 Å². The first kappa shape index (κ1) is 19.0. The number of likely N-dealkylation sites (N-methyl/N-ethyl adjacent to an activating group) is 1. The van der Waals surface area contributed by atoms with Crippen LogP contribution in [0.1, 0.15) is 58.6 Å². The zero-order valence-corrected chi connectivity index (χ0v) is 15.8. The summed E-state index contributed by atoms with van der Waals surface area (Å²) in [4.78, 5) is 14.8. The monoisotopic (exact) mass is 331 g/mol. The predicted octanol–water partition coefficient (Wildman–Crippen LogP) is 4.28. The first-order valence-corrected chi connectivity index (χ1v) is 9.19. The lowest BCUT2D eigenvalue weighted by atomic mass is 9.64. The first-order chi connectivity index (χ1) is 11.2. The van der Waals surface area contributed by atoms with Crippen LogP contribution in [-0.2, 0) is 4.79 Å². The molecule has 0 aliphatic heterocycles. The fourth-order valence-electron chi connectivity index (χ4n) is 4.09. The number of rotatable bonds is 5. The number of amides is 1. The van der Waals surface area contributed by atoms with Gasteiger partial charge in [-0.15, -0.1) is 0 Å². The smallest absolute Gasteiger partial charge is 0.225 e. The molecule has 2 rings (SSSR count). The SMILES string of the molecule is CC(C)C1CCC(C)(C)CC1C(=O)N(C)CC(O)c1ccccc1. The van der Waals surface area contributed by atoms with Gasteiger partial charge in [-0.25, -0.2) is 0 Å². The van der Waals surface area contributed by atoms with Gasteiger partial charge >= 0.3 is 0 Å². The zero-order valence-electron chi connectivity index (χ0n) is 15.8. The van der Waals surface area contributed by atoms with E-state index in [1.54, 1.807) is 4.90 Å². The summed E-state index contributed by atoms with van der Waals surface area (Å²) in [5.74, 6) is 1.22. The Morgan fingerprint density at radius 3 is 2.50 bits per heavy atom. The molecule has 24 heavy (non-hydrogen) atoms. The van der Waals surface area contributed by atoms with E-state index in [-0.39, 0.29) is 17.2 Å². The van der Waals surface area contributed by atoms with Crippen LogP contribution in [0.4, 0.5) is 0 Å². The van der Waals surface area contributed by atoms with Crippen molar-refractivity contribution in [3.05, 3.63) is 35.9 Å². The summed E-state index contributed by atoms with van der Waals surface area (Å²) >= 11 is 0. The third kappa shape index (κ3) is 4.60. The molecule has 1 aromatic carbocycles. The Labute approximate surface area is 147 Å². The van der Waals surface area contributed by atoms with Crippen molar-refractivity contribution in [1.82, 2.24) is 4.90 Å². The number of hydrogen-bond donors (Lipinski definition) is 1. The molecule has 3 atom stereocenters. The molecule has 134 valence electrons. The van der Waals surface area contributed by atoms with Gasteiger partial charge in [-0.1, -0.05) is 58.0 Å². The fourth-order valence-corrected chi connectivity index (χ4v) is 4.09. The van der Waals surface area contributed by atoms with Crippen LogP contribution in [0.3, 0.4) is 0 Å². The van der Waals surface area contributed by atoms with Crippen molar-refractivity contribution in [2.45, 2.75) is 53.1 Å². The minimum Gasteiger partial charge on any atom is -0.387 e. The minimum absolute atomic E-state index is 0.0710. The van der Waals surface area contributed by atoms with E-state index < -0.39 is 6.10 Å². The van der Waals surface area contributed by atoms with Crippen LogP contribution in [-0.4, -0.2) is 29.5 Å². The summed E-state index contributed by atoms with van der Waals surface area (Å²) in [5, 5.41) is 10.4. The topological polar surface area (TPSA) is 40.5 Å². The standard InChI is InChI=1S/C21H33NO2/c1-15(2)17-11-12-21(3,4)13-18(17)20(24)22(5)14-19(23)16-9-7-6-8-10-16/h6-10,15,17-19,23H,11-14H2,1-5H3. The third-order valence-corrected chi connectivity index (χ3v) is 5.62. The second-order valence-corrected chi connectivity index (χ2v) is 8.57. The molecule has 1 fully saturated rings. The molecule has 0 aromatic heterocycles. The van der Waals surface area contributed by atoms with Gasteiger partial charge in [0.1, 0.15) is 0 Å². The number of carbonyl (C=O) groups excluding carboxylic acids is 1. The molecule has 1 saturated carbocycles. The lowest BCUT2D eigenvalue weighted by molar-refractivity contribution is -0.141. The molecule has 0 spiro atoms. The predicted molar refractivity (Wildman–Crippen MR) is 98.5 cm³/mol. The highest BCUT2D eigenvalue weighted by Crippen LogP contribution is 2.45. The molecule has 1 N–H and O–H groups in total. The van der Waals surface area contributed by atoms with Crippen molar-refractivity contribution < 1.29 is 9.90 Å². The number of aliphatic hydroxyl groups is 1. The lowest BCUT2D eigenvalue weighted by Crippen LogP contribution is -2.44. The van der Waals surface area contributed by atoms with E-state index in [1.165, 1.54) is 6.42 Å². The van der Waals surface area contributed by atoms with Gasteiger partial charge in [-0.3, -0.25) is 4.79 Å². The lowest BCUT2D eigenvalue weighted by Gasteiger charge is -2.43. The van der Waals surface area contributed by atoms with Crippen molar-refractivity contribution in [2.24, 2.45) is 23.2 Å². The molecular weight excluding hydrogens is 298 g/mol. The second-order valence-electron chi connectivity index (χ2n) is 8.57. The number of benzene rings is 1. The number of aliphatic hydroxyl groups excluding tert-OH is 1. The second kappa shape index (κ2) is 7.69. The summed E-state index contributed by atoms with van der Waals surface area (Å²) in [6, 6.07) is 9.58. The van der Waals surface area contributed by atoms with Crippen molar-refractivity contribution in [3.63, 3.8) is 0 Å². The van der Waals surface area contributed by atoms with Crippen LogP contribution in [0, 0.1) is 23.2 Å². The van der Waals surface area contributed by atoms with Crippen molar-refractivity contribution >= 4 is 5.91 Å². The summed E-state index contributed by atoms with van der Waals surface area (Å²) < 4.78 is 0. The number of carbonyl (C=O) groups is 1. The molecule has 0 heterocycles. The van der Waals surface area contributed by atoms with Crippen LogP contribution >= 0.6 is 0 Å². The van der Waals surface area contributed by atoms with Gasteiger partial charge < -0.3 is 10.0 Å². The van der Waals surface area contributed by atoms with Gasteiger partial charge in [0, 0.05) is 13.0 Å². The quantitative estimate of drug-likeness (QED) is 0.875. The Hall–Kier alpha value is -1.35. The van der Waals surface area contributed by atoms with Crippen LogP contribution in [0.2, 0.25) is 0 Å². The molecule has 1 aliphatic carbocycles. The number of hydrogen-bond acceptors (Lipinski definition) is 2. The fraction of sp³-hybridized carbons (Fsp3) is 0.667. The highest BCUT2D eigenvalue weighted by atomic mass is 16.3. The van der Waals surface area contributed by atoms with E-state index in [9.17, 15) is 9.90 Å². The summed E-state index contributed by atoms with van der Waals surface area (Å²) in [5.41, 5.74) is 1.09. The Morgan fingerprint density at radius 2 is 1.92 bits per heavy atom. The maximum atomic E-state index is 13.1. The Kier molecular flexibility index (Phi) is 6.08. The van der Waals surface area contributed by atoms with E-state index in [2.05, 4.69) is 27.7 Å². The molecule has 3 heteroatoms. The van der Waals surface area contributed by atoms with E-state index in [1.807, 2.05) is 37.4 Å². The van der Waals surface area contributed by atoms with Crippen molar-refractivity contribution in [3.8, 4) is 0 Å². The zero-order chi connectivity index (χ0) is 17.9. The van der Waals surface area contributed by atoms with E-state index in [0.29, 0.717) is 18.4 Å². The van der Waals surface area contributed by atoms with Gasteiger partial charge in [0.05, 0.1) is 12.6 Å². The molecule has 0 saturated heterocycles. The van der Waals surface area contributed by atoms with Crippen LogP contribution in [0.15, 0.2) is 30.3 Å². The van der Waals surface area contributed by atoms with Gasteiger partial charge in [-0.05, 0) is 42.1 Å². The molecule has 0 bridgehead atoms. The van der Waals surface area contributed by atoms with E-state index in [0.717, 1.165) is 18.4 Å². The van der Waals surface area contributed by atoms with Crippen molar-refractivity contribution in [1.29, 1.82) is 0 Å². The highest BCUT2D eigenvalue weighted by molar-refractivity contribution is 5.79. The van der Waals surface area contributed by atoms with Crippen LogP contribution < -0.4 is 0 Å². The Bertz CT molecular complexity index is 538. The molecular formula is C21H33NO2. The molecule has 3 nitrogen and oxygen atoms in total. The molecule has 3 unspecified atom stereocenters. The largest absolute Gasteiger partial charge is 0.387 e. The molecule has 1 aliphatic rings. The summed E-state index contributed by atoms with van der Waals surface area (Å²) in [6.07, 6.45) is 2.63. The summed E-state index contributed by atoms with van der Waals surface area (Å²) in [6.45, 7) is 9.33. The Morgan fingerprint density at radius 1 is 1.29 bits per heavy atom. The molecule has 0 radical (unpaired) electrons. The van der Waals surface area contributed by atoms with Gasteiger partial charge in [0.15, 0.2) is 0 Å². The van der Waals surface area contributed by atoms with E-state index >= 15 is 0 Å². The van der Waals surface area contributed by atoms with Gasteiger partial charge in [-0.2, -0.15) is 0 Å². The summed E-state index contributed by atoms with van der Waals surface area (Å²) in [7, 11) is 1.83. The normalized spacial score (nSPS) is 24.6.